The van der Waals surface area contributed by atoms with E-state index in [1.807, 2.05) is 6.92 Å². The topological polar surface area (TPSA) is 18.5 Å². The van der Waals surface area contributed by atoms with E-state index >= 15 is 0 Å². The van der Waals surface area contributed by atoms with Gasteiger partial charge in [-0.2, -0.15) is 0 Å². The molecule has 2 aliphatic heterocycles. The highest BCUT2D eigenvalue weighted by Gasteiger charge is 2.52. The monoisotopic (exact) mass is 143 g/mol. The van der Waals surface area contributed by atoms with Crippen LogP contribution in [-0.2, 0) is 9.47 Å². The summed E-state index contributed by atoms with van der Waals surface area (Å²) in [6.07, 6.45) is 0.0767. The Morgan fingerprint density at radius 2 is 2.60 bits per heavy atom. The van der Waals surface area contributed by atoms with Crippen molar-refractivity contribution < 1.29 is 10.8 Å². The highest BCUT2D eigenvalue weighted by Crippen LogP contribution is 2.42. The summed E-state index contributed by atoms with van der Waals surface area (Å²) in [5.41, 5.74) is -0.287. The van der Waals surface area contributed by atoms with Crippen molar-refractivity contribution in [1.82, 2.24) is 0 Å². The first-order valence-corrected chi connectivity index (χ1v) is 3.84. The smallest absolute Gasteiger partial charge is 0.0964 e. The second kappa shape index (κ2) is 1.95. The van der Waals surface area contributed by atoms with Gasteiger partial charge in [-0.25, -0.2) is 0 Å². The number of ether oxygens (including phenoxy) is 2. The molecule has 0 spiro atoms. The summed E-state index contributed by atoms with van der Waals surface area (Å²) >= 11 is 0. The van der Waals surface area contributed by atoms with Crippen LogP contribution in [0.3, 0.4) is 0 Å². The van der Waals surface area contributed by atoms with Crippen molar-refractivity contribution in [3.8, 4) is 0 Å². The van der Waals surface area contributed by atoms with Gasteiger partial charge >= 0.3 is 0 Å². The molecule has 2 rings (SSSR count). The minimum atomic E-state index is -0.287. The highest BCUT2D eigenvalue weighted by molar-refractivity contribution is 5.00. The molecule has 0 aromatic heterocycles. The minimum Gasteiger partial charge on any atom is -0.372 e. The third-order valence-electron chi connectivity index (χ3n) is 2.86. The lowest BCUT2D eigenvalue weighted by Crippen LogP contribution is -2.34. The van der Waals surface area contributed by atoms with Crippen molar-refractivity contribution in [3.63, 3.8) is 0 Å². The van der Waals surface area contributed by atoms with Gasteiger partial charge in [0.15, 0.2) is 0 Å². The van der Waals surface area contributed by atoms with Gasteiger partial charge in [0.1, 0.15) is 0 Å². The number of hydrogen-bond acceptors (Lipinski definition) is 2. The van der Waals surface area contributed by atoms with E-state index in [0.717, 1.165) is 0 Å². The van der Waals surface area contributed by atoms with E-state index in [2.05, 4.69) is 6.92 Å². The van der Waals surface area contributed by atoms with Crippen LogP contribution in [0.4, 0.5) is 0 Å². The Morgan fingerprint density at radius 1 is 1.80 bits per heavy atom. The largest absolute Gasteiger partial charge is 0.372 e. The lowest BCUT2D eigenvalue weighted by Gasteiger charge is -2.26. The Kier molecular flexibility index (Phi) is 1.09. The van der Waals surface area contributed by atoms with E-state index in [1.54, 1.807) is 0 Å². The van der Waals surface area contributed by atoms with Crippen molar-refractivity contribution in [2.24, 2.45) is 5.92 Å². The van der Waals surface area contributed by atoms with Crippen LogP contribution < -0.4 is 0 Å². The van der Waals surface area contributed by atoms with Gasteiger partial charge < -0.3 is 9.47 Å². The summed E-state index contributed by atoms with van der Waals surface area (Å²) in [7, 11) is 0. The normalized spacial score (nSPS) is 56.8. The predicted octanol–water partition coefficient (Wildman–Crippen LogP) is 1.20. The summed E-state index contributed by atoms with van der Waals surface area (Å²) in [5, 5.41) is 0. The third-order valence-corrected chi connectivity index (χ3v) is 2.86. The Morgan fingerprint density at radius 3 is 2.80 bits per heavy atom. The average molecular weight is 143 g/mol. The van der Waals surface area contributed by atoms with Crippen molar-refractivity contribution >= 4 is 0 Å². The Bertz CT molecular complexity index is 161. The Hall–Kier alpha value is -0.0800. The third kappa shape index (κ3) is 0.611. The van der Waals surface area contributed by atoms with Crippen molar-refractivity contribution in [2.75, 3.05) is 13.2 Å². The zero-order valence-corrected chi connectivity index (χ0v) is 6.46. The van der Waals surface area contributed by atoms with Crippen molar-refractivity contribution in [2.45, 2.75) is 31.9 Å². The lowest BCUT2D eigenvalue weighted by atomic mass is 9.89. The number of fused-ring (bicyclic) bond motifs is 2. The molecule has 4 atom stereocenters. The van der Waals surface area contributed by atoms with E-state index in [9.17, 15) is 0 Å². The zero-order valence-electron chi connectivity index (χ0n) is 7.46. The first kappa shape index (κ1) is 5.56. The molecule has 2 saturated heterocycles. The summed E-state index contributed by atoms with van der Waals surface area (Å²) < 4.78 is 18.8. The SMILES string of the molecule is [2H]C(C)[C@@]12CO[C@@H](CO1)[C@@H]2C. The molecule has 1 unspecified atom stereocenters. The van der Waals surface area contributed by atoms with E-state index < -0.39 is 0 Å². The fourth-order valence-electron chi connectivity index (χ4n) is 1.86. The van der Waals surface area contributed by atoms with Gasteiger partial charge in [0, 0.05) is 7.29 Å². The molecule has 2 heterocycles. The number of hydrogen-bond donors (Lipinski definition) is 0. The molecule has 58 valence electrons. The zero-order chi connectivity index (χ0) is 8.06. The maximum atomic E-state index is 7.68. The van der Waals surface area contributed by atoms with Gasteiger partial charge in [-0.15, -0.1) is 0 Å². The first-order chi connectivity index (χ1) is 5.17. The van der Waals surface area contributed by atoms with Crippen LogP contribution in [0.5, 0.6) is 0 Å². The molecule has 2 aliphatic rings. The molecular weight excluding hydrogens is 128 g/mol. The summed E-state index contributed by atoms with van der Waals surface area (Å²) in [4.78, 5) is 0. The molecule has 2 nitrogen and oxygen atoms in total. The Balaban J connectivity index is 2.24. The summed E-state index contributed by atoms with van der Waals surface area (Å²) in [6.45, 7) is 5.30. The highest BCUT2D eigenvalue weighted by atomic mass is 16.6. The quantitative estimate of drug-likeness (QED) is 0.549. The molecule has 10 heavy (non-hydrogen) atoms. The molecular formula is C8H14O2. The summed E-state index contributed by atoms with van der Waals surface area (Å²) in [6, 6.07) is 0. The second-order valence-electron chi connectivity index (χ2n) is 3.19. The van der Waals surface area contributed by atoms with E-state index in [1.165, 1.54) is 0 Å². The summed E-state index contributed by atoms with van der Waals surface area (Å²) in [5.74, 6) is 0.398. The van der Waals surface area contributed by atoms with Gasteiger partial charge in [0.2, 0.25) is 0 Å². The fraction of sp³-hybridized carbons (Fsp3) is 1.00. The molecule has 0 N–H and O–H groups in total. The van der Waals surface area contributed by atoms with Crippen LogP contribution in [0, 0.1) is 5.92 Å². The van der Waals surface area contributed by atoms with Crippen LogP contribution in [0.25, 0.3) is 0 Å². The maximum absolute atomic E-state index is 7.68. The van der Waals surface area contributed by atoms with E-state index in [-0.39, 0.29) is 18.1 Å². The molecule has 0 aromatic carbocycles. The van der Waals surface area contributed by atoms with E-state index in [0.29, 0.717) is 19.1 Å². The van der Waals surface area contributed by atoms with Crippen LogP contribution in [-0.4, -0.2) is 24.9 Å². The predicted molar refractivity (Wildman–Crippen MR) is 37.9 cm³/mol. The van der Waals surface area contributed by atoms with Crippen molar-refractivity contribution in [3.05, 3.63) is 0 Å². The van der Waals surface area contributed by atoms with Crippen LogP contribution in [0.15, 0.2) is 0 Å². The van der Waals surface area contributed by atoms with Gasteiger partial charge in [-0.1, -0.05) is 13.8 Å². The molecule has 0 radical (unpaired) electrons. The van der Waals surface area contributed by atoms with E-state index in [4.69, 9.17) is 10.8 Å². The average Bonchev–Trinajstić information content (AvgIpc) is 2.46. The van der Waals surface area contributed by atoms with Gasteiger partial charge in [-0.05, 0) is 6.40 Å². The lowest BCUT2D eigenvalue weighted by molar-refractivity contribution is -0.0975. The molecule has 0 saturated carbocycles. The van der Waals surface area contributed by atoms with Crippen molar-refractivity contribution in [1.29, 1.82) is 0 Å². The second-order valence-corrected chi connectivity index (χ2v) is 3.19. The fourth-order valence-corrected chi connectivity index (χ4v) is 1.86. The molecule has 0 aromatic rings. The molecule has 2 fully saturated rings. The molecule has 2 heteroatoms. The van der Waals surface area contributed by atoms with Crippen LogP contribution >= 0.6 is 0 Å². The van der Waals surface area contributed by atoms with Gasteiger partial charge in [0.25, 0.3) is 0 Å². The standard InChI is InChI=1S/C8H14O2/c1-3-8-5-9-7(4-10-8)6(8)2/h6-7H,3-5H2,1-2H3/t6-,7-,8-/m0/s1/i3D/t3?,6-,7-,8-. The van der Waals surface area contributed by atoms with Crippen LogP contribution in [0.1, 0.15) is 21.6 Å². The molecule has 2 bridgehead atoms. The van der Waals surface area contributed by atoms with Crippen LogP contribution in [0.2, 0.25) is 0 Å². The molecule has 0 aliphatic carbocycles. The van der Waals surface area contributed by atoms with Gasteiger partial charge in [-0.3, -0.25) is 0 Å². The number of rotatable bonds is 1. The maximum Gasteiger partial charge on any atom is 0.0964 e. The molecule has 0 amide bonds. The minimum absolute atomic E-state index is 0.176. The first-order valence-electron chi connectivity index (χ1n) is 4.42. The Labute approximate surface area is 62.9 Å². The van der Waals surface area contributed by atoms with Gasteiger partial charge in [0.05, 0.1) is 24.9 Å².